The summed E-state index contributed by atoms with van der Waals surface area (Å²) < 4.78 is 0. The molecular formula is C18H19N. The third-order valence-corrected chi connectivity index (χ3v) is 3.19. The van der Waals surface area contributed by atoms with Gasteiger partial charge in [-0.3, -0.25) is 0 Å². The van der Waals surface area contributed by atoms with Gasteiger partial charge in [-0.05, 0) is 54.3 Å². The first kappa shape index (κ1) is 13.2. The van der Waals surface area contributed by atoms with Gasteiger partial charge in [0.15, 0.2) is 0 Å². The summed E-state index contributed by atoms with van der Waals surface area (Å²) in [5, 5.41) is 0. The highest BCUT2D eigenvalue weighted by atomic mass is 14.5. The maximum Gasteiger partial charge on any atom is 0.0314 e. The molecule has 19 heavy (non-hydrogen) atoms. The molecule has 1 nitrogen and oxygen atoms in total. The van der Waals surface area contributed by atoms with Crippen molar-refractivity contribution < 1.29 is 0 Å². The first-order valence-corrected chi connectivity index (χ1v) is 6.31. The third-order valence-electron chi connectivity index (χ3n) is 3.19. The van der Waals surface area contributed by atoms with E-state index >= 15 is 0 Å². The Bertz CT molecular complexity index is 633. The lowest BCUT2D eigenvalue weighted by atomic mass is 9.92. The predicted molar refractivity (Wildman–Crippen MR) is 85.7 cm³/mol. The Morgan fingerprint density at radius 1 is 0.895 bits per heavy atom. The van der Waals surface area contributed by atoms with E-state index in [-0.39, 0.29) is 0 Å². The Morgan fingerprint density at radius 3 is 2.05 bits per heavy atom. The largest absolute Gasteiger partial charge is 0.399 e. The lowest BCUT2D eigenvalue weighted by Crippen LogP contribution is -1.90. The molecular weight excluding hydrogens is 230 g/mol. The maximum atomic E-state index is 5.75. The number of hydrogen-bond donors (Lipinski definition) is 1. The number of benzene rings is 2. The van der Waals surface area contributed by atoms with Crippen molar-refractivity contribution in [1.29, 1.82) is 0 Å². The van der Waals surface area contributed by atoms with Gasteiger partial charge in [-0.25, -0.2) is 0 Å². The molecule has 0 saturated heterocycles. The van der Waals surface area contributed by atoms with Crippen LogP contribution in [0.5, 0.6) is 0 Å². The van der Waals surface area contributed by atoms with E-state index in [1.807, 2.05) is 38.1 Å². The van der Waals surface area contributed by atoms with Gasteiger partial charge >= 0.3 is 0 Å². The van der Waals surface area contributed by atoms with Crippen LogP contribution in [0.4, 0.5) is 5.69 Å². The summed E-state index contributed by atoms with van der Waals surface area (Å²) in [6.45, 7) is 12.1. The summed E-state index contributed by atoms with van der Waals surface area (Å²) in [5.41, 5.74) is 13.3. The molecule has 0 bridgehead atoms. The fourth-order valence-electron chi connectivity index (χ4n) is 2.08. The topological polar surface area (TPSA) is 26.0 Å². The number of anilines is 1. The first-order chi connectivity index (χ1) is 8.99. The monoisotopic (exact) mass is 249 g/mol. The van der Waals surface area contributed by atoms with Crippen molar-refractivity contribution in [2.75, 3.05) is 5.73 Å². The minimum absolute atomic E-state index is 0.775. The van der Waals surface area contributed by atoms with Crippen LogP contribution in [-0.4, -0.2) is 0 Å². The summed E-state index contributed by atoms with van der Waals surface area (Å²) in [7, 11) is 0. The van der Waals surface area contributed by atoms with Gasteiger partial charge in [0.25, 0.3) is 0 Å². The van der Waals surface area contributed by atoms with Crippen molar-refractivity contribution in [2.24, 2.45) is 0 Å². The Morgan fingerprint density at radius 2 is 1.53 bits per heavy atom. The Balaban J connectivity index is 2.64. The van der Waals surface area contributed by atoms with E-state index < -0.39 is 0 Å². The van der Waals surface area contributed by atoms with Gasteiger partial charge < -0.3 is 5.73 Å². The number of hydrogen-bond acceptors (Lipinski definition) is 1. The van der Waals surface area contributed by atoms with Crippen LogP contribution in [0.15, 0.2) is 55.6 Å². The molecule has 0 spiro atoms. The highest BCUT2D eigenvalue weighted by Crippen LogP contribution is 2.31. The van der Waals surface area contributed by atoms with Crippen LogP contribution >= 0.6 is 0 Å². The molecule has 0 saturated carbocycles. The van der Waals surface area contributed by atoms with E-state index in [0.29, 0.717) is 0 Å². The van der Waals surface area contributed by atoms with Crippen molar-refractivity contribution in [1.82, 2.24) is 0 Å². The average Bonchev–Trinajstić information content (AvgIpc) is 2.38. The van der Waals surface area contributed by atoms with Gasteiger partial charge in [0.2, 0.25) is 0 Å². The maximum absolute atomic E-state index is 5.75. The van der Waals surface area contributed by atoms with Gasteiger partial charge in [0.1, 0.15) is 0 Å². The molecule has 0 aliphatic rings. The van der Waals surface area contributed by atoms with Gasteiger partial charge in [-0.1, -0.05) is 48.6 Å². The second kappa shape index (κ2) is 5.15. The van der Waals surface area contributed by atoms with Crippen LogP contribution in [0.3, 0.4) is 0 Å². The second-order valence-electron chi connectivity index (χ2n) is 4.94. The standard InChI is InChI=1S/C18H19N/c1-12(2)15-7-10-17(13(3)4)18(11-15)14-5-8-16(19)9-6-14/h5-11H,1,3,19H2,2,4H3. The Kier molecular flexibility index (Phi) is 3.57. The molecule has 1 heteroatoms. The van der Waals surface area contributed by atoms with E-state index in [1.54, 1.807) is 0 Å². The zero-order valence-corrected chi connectivity index (χ0v) is 11.5. The normalized spacial score (nSPS) is 10.2. The molecule has 2 aromatic rings. The van der Waals surface area contributed by atoms with Crippen molar-refractivity contribution in [3.63, 3.8) is 0 Å². The fraction of sp³-hybridized carbons (Fsp3) is 0.111. The molecule has 0 amide bonds. The number of rotatable bonds is 3. The summed E-state index contributed by atoms with van der Waals surface area (Å²) >= 11 is 0. The van der Waals surface area contributed by atoms with E-state index in [1.165, 1.54) is 5.56 Å². The molecule has 2 aromatic carbocycles. The van der Waals surface area contributed by atoms with Crippen LogP contribution in [0, 0.1) is 0 Å². The molecule has 0 aliphatic carbocycles. The van der Waals surface area contributed by atoms with E-state index in [2.05, 4.69) is 31.4 Å². The lowest BCUT2D eigenvalue weighted by Gasteiger charge is -2.12. The first-order valence-electron chi connectivity index (χ1n) is 6.31. The predicted octanol–water partition coefficient (Wildman–Crippen LogP) is 5.00. The van der Waals surface area contributed by atoms with Gasteiger partial charge in [-0.15, -0.1) is 0 Å². The average molecular weight is 249 g/mol. The number of nitrogens with two attached hydrogens (primary N) is 1. The van der Waals surface area contributed by atoms with Crippen LogP contribution in [0.25, 0.3) is 22.3 Å². The van der Waals surface area contributed by atoms with Crippen LogP contribution in [0.1, 0.15) is 25.0 Å². The Labute approximate surface area is 115 Å². The minimum atomic E-state index is 0.775. The Hall–Kier alpha value is -2.28. The van der Waals surface area contributed by atoms with Gasteiger partial charge in [0.05, 0.1) is 0 Å². The number of allylic oxidation sites excluding steroid dienone is 2. The molecule has 0 aliphatic heterocycles. The zero-order chi connectivity index (χ0) is 14.0. The highest BCUT2D eigenvalue weighted by Gasteiger charge is 2.07. The lowest BCUT2D eigenvalue weighted by molar-refractivity contribution is 1.50. The fourth-order valence-corrected chi connectivity index (χ4v) is 2.08. The van der Waals surface area contributed by atoms with Crippen LogP contribution < -0.4 is 5.73 Å². The molecule has 0 aromatic heterocycles. The summed E-state index contributed by atoms with van der Waals surface area (Å²) in [4.78, 5) is 0. The highest BCUT2D eigenvalue weighted by molar-refractivity contribution is 5.83. The second-order valence-corrected chi connectivity index (χ2v) is 4.94. The minimum Gasteiger partial charge on any atom is -0.399 e. The SMILES string of the molecule is C=C(C)c1ccc(C(=C)C)c(-c2ccc(N)cc2)c1. The molecule has 0 unspecified atom stereocenters. The van der Waals surface area contributed by atoms with Crippen molar-refractivity contribution in [2.45, 2.75) is 13.8 Å². The van der Waals surface area contributed by atoms with Gasteiger partial charge in [0, 0.05) is 5.69 Å². The summed E-state index contributed by atoms with van der Waals surface area (Å²) in [6, 6.07) is 14.3. The van der Waals surface area contributed by atoms with E-state index in [0.717, 1.165) is 33.5 Å². The molecule has 0 atom stereocenters. The third kappa shape index (κ3) is 2.76. The van der Waals surface area contributed by atoms with E-state index in [9.17, 15) is 0 Å². The van der Waals surface area contributed by atoms with Crippen molar-refractivity contribution >= 4 is 16.8 Å². The zero-order valence-electron chi connectivity index (χ0n) is 11.5. The van der Waals surface area contributed by atoms with Crippen LogP contribution in [-0.2, 0) is 0 Å². The molecule has 0 heterocycles. The van der Waals surface area contributed by atoms with Crippen molar-refractivity contribution in [3.8, 4) is 11.1 Å². The molecule has 96 valence electrons. The molecule has 2 N–H and O–H groups in total. The number of nitrogen functional groups attached to an aromatic ring is 1. The van der Waals surface area contributed by atoms with E-state index in [4.69, 9.17) is 5.73 Å². The summed E-state index contributed by atoms with van der Waals surface area (Å²) in [6.07, 6.45) is 0. The quantitative estimate of drug-likeness (QED) is 0.761. The summed E-state index contributed by atoms with van der Waals surface area (Å²) in [5.74, 6) is 0. The molecule has 0 radical (unpaired) electrons. The smallest absolute Gasteiger partial charge is 0.0314 e. The molecule has 0 fully saturated rings. The van der Waals surface area contributed by atoms with Crippen molar-refractivity contribution in [3.05, 3.63) is 66.7 Å². The van der Waals surface area contributed by atoms with Gasteiger partial charge in [-0.2, -0.15) is 0 Å². The molecule has 2 rings (SSSR count). The van der Waals surface area contributed by atoms with Crippen LogP contribution in [0.2, 0.25) is 0 Å².